The highest BCUT2D eigenvalue weighted by Gasteiger charge is 2.35. The highest BCUT2D eigenvalue weighted by Crippen LogP contribution is 2.40. The minimum atomic E-state index is 0. The molecule has 0 aliphatic carbocycles. The third kappa shape index (κ3) is 5.89. The molecular weight excluding hydrogens is 469 g/mol. The molecule has 0 amide bonds. The van der Waals surface area contributed by atoms with Crippen molar-refractivity contribution in [2.45, 2.75) is 44.9 Å². The first kappa shape index (κ1) is 23.1. The molecule has 3 rings (SSSR count). The Morgan fingerprint density at radius 3 is 2.61 bits per heavy atom. The summed E-state index contributed by atoms with van der Waals surface area (Å²) in [7, 11) is 1.83. The van der Waals surface area contributed by atoms with Gasteiger partial charge >= 0.3 is 0 Å². The molecule has 0 atom stereocenters. The van der Waals surface area contributed by atoms with Gasteiger partial charge in [0.25, 0.3) is 0 Å². The van der Waals surface area contributed by atoms with Gasteiger partial charge in [0.15, 0.2) is 17.5 Å². The van der Waals surface area contributed by atoms with Crippen LogP contribution in [0.25, 0.3) is 0 Å². The van der Waals surface area contributed by atoms with Crippen molar-refractivity contribution >= 4 is 29.9 Å². The summed E-state index contributed by atoms with van der Waals surface area (Å²) in [5.74, 6) is 3.27. The van der Waals surface area contributed by atoms with Gasteiger partial charge in [-0.2, -0.15) is 0 Å². The number of halogens is 1. The largest absolute Gasteiger partial charge is 0.454 e. The fourth-order valence-corrected chi connectivity index (χ4v) is 3.75. The minimum absolute atomic E-state index is 0. The van der Waals surface area contributed by atoms with E-state index in [0.717, 1.165) is 68.9 Å². The average Bonchev–Trinajstić information content (AvgIpc) is 3.16. The molecule has 0 bridgehead atoms. The molecule has 158 valence electrons. The Balaban J connectivity index is 0.00000280. The van der Waals surface area contributed by atoms with Gasteiger partial charge in [0.1, 0.15) is 0 Å². The van der Waals surface area contributed by atoms with Crippen LogP contribution in [0, 0.1) is 5.92 Å². The summed E-state index contributed by atoms with van der Waals surface area (Å²) in [5.41, 5.74) is 1.28. The van der Waals surface area contributed by atoms with Gasteiger partial charge < -0.3 is 24.8 Å². The fourth-order valence-electron chi connectivity index (χ4n) is 3.75. The minimum Gasteiger partial charge on any atom is -0.454 e. The van der Waals surface area contributed by atoms with Gasteiger partial charge in [-0.1, -0.05) is 19.9 Å². The van der Waals surface area contributed by atoms with Gasteiger partial charge in [0, 0.05) is 38.8 Å². The molecule has 28 heavy (non-hydrogen) atoms. The molecule has 2 heterocycles. The zero-order valence-corrected chi connectivity index (χ0v) is 19.6. The quantitative estimate of drug-likeness (QED) is 0.257. The maximum Gasteiger partial charge on any atom is 0.231 e. The van der Waals surface area contributed by atoms with E-state index in [-0.39, 0.29) is 29.4 Å². The van der Waals surface area contributed by atoms with E-state index in [4.69, 9.17) is 14.2 Å². The van der Waals surface area contributed by atoms with Crippen molar-refractivity contribution in [1.29, 1.82) is 0 Å². The molecule has 7 heteroatoms. The van der Waals surface area contributed by atoms with Crippen LogP contribution in [-0.2, 0) is 10.2 Å². The predicted octanol–water partition coefficient (Wildman–Crippen LogP) is 3.68. The van der Waals surface area contributed by atoms with Crippen molar-refractivity contribution in [3.05, 3.63) is 23.8 Å². The van der Waals surface area contributed by atoms with Gasteiger partial charge in [0.05, 0.1) is 0 Å². The molecule has 1 aromatic rings. The zero-order chi connectivity index (χ0) is 19.1. The van der Waals surface area contributed by atoms with Crippen LogP contribution in [0.3, 0.4) is 0 Å². The van der Waals surface area contributed by atoms with Gasteiger partial charge in [-0.05, 0) is 49.3 Å². The van der Waals surface area contributed by atoms with E-state index in [9.17, 15) is 0 Å². The summed E-state index contributed by atoms with van der Waals surface area (Å²) in [6.07, 6.45) is 4.33. The Hall–Kier alpha value is -1.22. The van der Waals surface area contributed by atoms with E-state index in [1.54, 1.807) is 0 Å². The second-order valence-corrected chi connectivity index (χ2v) is 7.85. The molecule has 2 N–H and O–H groups in total. The molecule has 6 nitrogen and oxygen atoms in total. The SMILES string of the molecule is CN=C(NCCCC(C)C)NCC1(c2ccc3c(c2)OCO3)CCOCC1.I. The van der Waals surface area contributed by atoms with Crippen LogP contribution in [0.1, 0.15) is 45.1 Å². The van der Waals surface area contributed by atoms with Crippen LogP contribution >= 0.6 is 24.0 Å². The Kier molecular flexibility index (Phi) is 9.14. The number of rotatable bonds is 7. The molecule has 1 fully saturated rings. The van der Waals surface area contributed by atoms with E-state index >= 15 is 0 Å². The number of nitrogens with one attached hydrogen (secondary N) is 2. The van der Waals surface area contributed by atoms with E-state index in [2.05, 4.69) is 41.6 Å². The first-order valence-electron chi connectivity index (χ1n) is 10.1. The smallest absolute Gasteiger partial charge is 0.231 e. The van der Waals surface area contributed by atoms with Crippen LogP contribution in [0.15, 0.2) is 23.2 Å². The van der Waals surface area contributed by atoms with Crippen molar-refractivity contribution in [1.82, 2.24) is 10.6 Å². The molecule has 2 aliphatic rings. The first-order valence-corrected chi connectivity index (χ1v) is 10.1. The monoisotopic (exact) mass is 503 g/mol. The summed E-state index contributed by atoms with van der Waals surface area (Å²) in [5, 5.41) is 6.98. The predicted molar refractivity (Wildman–Crippen MR) is 123 cm³/mol. The maximum atomic E-state index is 5.64. The lowest BCUT2D eigenvalue weighted by molar-refractivity contribution is 0.0513. The molecule has 0 aromatic heterocycles. The molecule has 2 aliphatic heterocycles. The highest BCUT2D eigenvalue weighted by molar-refractivity contribution is 14.0. The van der Waals surface area contributed by atoms with E-state index in [1.165, 1.54) is 12.0 Å². The number of hydrogen-bond acceptors (Lipinski definition) is 4. The Labute approximate surface area is 185 Å². The lowest BCUT2D eigenvalue weighted by Gasteiger charge is -2.38. The zero-order valence-electron chi connectivity index (χ0n) is 17.3. The molecule has 0 saturated carbocycles. The summed E-state index contributed by atoms with van der Waals surface area (Å²) in [6.45, 7) is 8.13. The van der Waals surface area contributed by atoms with Crippen LogP contribution in [0.5, 0.6) is 11.5 Å². The number of nitrogens with zero attached hydrogens (tertiary/aromatic N) is 1. The van der Waals surface area contributed by atoms with Crippen LogP contribution < -0.4 is 20.1 Å². The van der Waals surface area contributed by atoms with Crippen LogP contribution in [-0.4, -0.2) is 46.1 Å². The topological polar surface area (TPSA) is 64.1 Å². The van der Waals surface area contributed by atoms with Gasteiger partial charge in [-0.3, -0.25) is 4.99 Å². The second kappa shape index (κ2) is 11.1. The Morgan fingerprint density at radius 1 is 1.14 bits per heavy atom. The van der Waals surface area contributed by atoms with Crippen LogP contribution in [0.4, 0.5) is 0 Å². The number of guanidine groups is 1. The fraction of sp³-hybridized carbons (Fsp3) is 0.667. The Bertz CT molecular complexity index is 646. The van der Waals surface area contributed by atoms with Gasteiger partial charge in [-0.15, -0.1) is 24.0 Å². The lowest BCUT2D eigenvalue weighted by atomic mass is 9.74. The molecule has 0 radical (unpaired) electrons. The summed E-state index contributed by atoms with van der Waals surface area (Å²) in [6, 6.07) is 6.32. The van der Waals surface area contributed by atoms with Crippen molar-refractivity contribution in [3.63, 3.8) is 0 Å². The third-order valence-corrected chi connectivity index (χ3v) is 5.50. The summed E-state index contributed by atoms with van der Waals surface area (Å²) < 4.78 is 16.7. The van der Waals surface area contributed by atoms with Crippen molar-refractivity contribution in [2.24, 2.45) is 10.9 Å². The standard InChI is InChI=1S/C21H33N3O3.HI/c1-16(2)5-4-10-23-20(22-3)24-14-21(8-11-25-12-9-21)17-6-7-18-19(13-17)27-15-26-18;/h6-7,13,16H,4-5,8-12,14-15H2,1-3H3,(H2,22,23,24);1H. The number of aliphatic imine (C=N–C) groups is 1. The molecule has 1 saturated heterocycles. The van der Waals surface area contributed by atoms with Crippen molar-refractivity contribution in [3.8, 4) is 11.5 Å². The number of fused-ring (bicyclic) bond motifs is 1. The average molecular weight is 503 g/mol. The molecule has 0 unspecified atom stereocenters. The van der Waals surface area contributed by atoms with Gasteiger partial charge in [0.2, 0.25) is 6.79 Å². The number of ether oxygens (including phenoxy) is 3. The number of hydrogen-bond donors (Lipinski definition) is 2. The third-order valence-electron chi connectivity index (χ3n) is 5.50. The lowest BCUT2D eigenvalue weighted by Crippen LogP contribution is -2.48. The first-order chi connectivity index (χ1) is 13.1. The Morgan fingerprint density at radius 2 is 1.89 bits per heavy atom. The maximum absolute atomic E-state index is 5.64. The molecule has 0 spiro atoms. The molecular formula is C21H34IN3O3. The van der Waals surface area contributed by atoms with Gasteiger partial charge in [-0.25, -0.2) is 0 Å². The van der Waals surface area contributed by atoms with E-state index < -0.39 is 0 Å². The molecule has 1 aromatic carbocycles. The number of benzene rings is 1. The normalized spacial score (nSPS) is 17.9. The second-order valence-electron chi connectivity index (χ2n) is 7.85. The summed E-state index contributed by atoms with van der Waals surface area (Å²) >= 11 is 0. The van der Waals surface area contributed by atoms with Crippen LogP contribution in [0.2, 0.25) is 0 Å². The van der Waals surface area contributed by atoms with E-state index in [1.807, 2.05) is 13.1 Å². The van der Waals surface area contributed by atoms with Crippen molar-refractivity contribution in [2.75, 3.05) is 40.1 Å². The highest BCUT2D eigenvalue weighted by atomic mass is 127. The van der Waals surface area contributed by atoms with Crippen molar-refractivity contribution < 1.29 is 14.2 Å². The van der Waals surface area contributed by atoms with E-state index in [0.29, 0.717) is 6.79 Å². The summed E-state index contributed by atoms with van der Waals surface area (Å²) in [4.78, 5) is 4.39.